The molecule has 8 nitrogen and oxygen atoms in total. The predicted octanol–water partition coefficient (Wildman–Crippen LogP) is 4.47. The predicted molar refractivity (Wildman–Crippen MR) is 140 cm³/mol. The molecule has 3 heterocycles. The van der Waals surface area contributed by atoms with E-state index in [1.54, 1.807) is 41.6 Å². The van der Waals surface area contributed by atoms with Gasteiger partial charge in [0, 0.05) is 34.7 Å². The first-order valence-electron chi connectivity index (χ1n) is 12.1. The summed E-state index contributed by atoms with van der Waals surface area (Å²) in [7, 11) is 4.39. The smallest absolute Gasteiger partial charge is 0.343 e. The maximum atomic E-state index is 13.7. The fourth-order valence-electron chi connectivity index (χ4n) is 5.13. The number of esters is 1. The zero-order valence-corrected chi connectivity index (χ0v) is 21.3. The Balaban J connectivity index is 1.77. The molecule has 8 heteroatoms. The average Bonchev–Trinajstić information content (AvgIpc) is 3.47. The molecule has 1 aliphatic heterocycles. The third-order valence-electron chi connectivity index (χ3n) is 6.98. The number of pyridine rings is 1. The molecule has 0 atom stereocenters. The van der Waals surface area contributed by atoms with Gasteiger partial charge in [-0.2, -0.15) is 0 Å². The second kappa shape index (κ2) is 9.61. The van der Waals surface area contributed by atoms with Crippen molar-refractivity contribution in [3.8, 4) is 22.8 Å². The number of nitrogens with zero attached hydrogens (tertiary/aromatic N) is 2. The second-order valence-electron chi connectivity index (χ2n) is 8.98. The van der Waals surface area contributed by atoms with Crippen molar-refractivity contribution in [1.29, 1.82) is 0 Å². The Labute approximate surface area is 214 Å². The summed E-state index contributed by atoms with van der Waals surface area (Å²) in [5.41, 5.74) is 4.34. The van der Waals surface area contributed by atoms with Crippen LogP contribution in [0.3, 0.4) is 0 Å². The SMILES string of the molecule is CCc1cc(C(=O)OC)c(=O)n(Cc2ccc(OC)cc2OC)c1-c1ccc2cc3n(c2c1)C(=O)CC3. The van der Waals surface area contributed by atoms with Gasteiger partial charge in [0.2, 0.25) is 5.91 Å². The van der Waals surface area contributed by atoms with Gasteiger partial charge in [-0.15, -0.1) is 0 Å². The first-order valence-corrected chi connectivity index (χ1v) is 12.1. The van der Waals surface area contributed by atoms with Crippen molar-refractivity contribution in [3.63, 3.8) is 0 Å². The molecule has 4 aromatic rings. The molecule has 190 valence electrons. The van der Waals surface area contributed by atoms with Gasteiger partial charge >= 0.3 is 5.97 Å². The van der Waals surface area contributed by atoms with Crippen LogP contribution in [0.15, 0.2) is 53.3 Å². The van der Waals surface area contributed by atoms with Crippen molar-refractivity contribution in [2.24, 2.45) is 0 Å². The van der Waals surface area contributed by atoms with Gasteiger partial charge in [0.25, 0.3) is 5.56 Å². The standard InChI is InChI=1S/C29H28N2O6/c1-5-17-13-23(29(34)37-4)28(33)30(16-20-8-10-22(35-2)15-25(20)36-3)27(17)19-7-6-18-12-21-9-11-26(32)31(21)24(18)14-19/h6-8,10,12-15H,5,9,11,16H2,1-4H3. The number of hydrogen-bond acceptors (Lipinski definition) is 6. The Morgan fingerprint density at radius 2 is 1.73 bits per heavy atom. The molecule has 0 radical (unpaired) electrons. The second-order valence-corrected chi connectivity index (χ2v) is 8.98. The van der Waals surface area contributed by atoms with Crippen LogP contribution < -0.4 is 15.0 Å². The average molecular weight is 501 g/mol. The van der Waals surface area contributed by atoms with Gasteiger partial charge in [0.05, 0.1) is 39.1 Å². The lowest BCUT2D eigenvalue weighted by Gasteiger charge is -2.20. The van der Waals surface area contributed by atoms with Crippen molar-refractivity contribution in [2.75, 3.05) is 21.3 Å². The topological polar surface area (TPSA) is 88.8 Å². The van der Waals surface area contributed by atoms with Gasteiger partial charge in [-0.05, 0) is 48.7 Å². The number of carbonyl (C=O) groups is 2. The van der Waals surface area contributed by atoms with Gasteiger partial charge in [-0.1, -0.05) is 19.1 Å². The summed E-state index contributed by atoms with van der Waals surface area (Å²) in [5, 5.41) is 0.974. The number of benzene rings is 2. The quantitative estimate of drug-likeness (QED) is 0.348. The van der Waals surface area contributed by atoms with Crippen LogP contribution in [0.2, 0.25) is 0 Å². The van der Waals surface area contributed by atoms with Crippen molar-refractivity contribution >= 4 is 22.8 Å². The summed E-state index contributed by atoms with van der Waals surface area (Å²) in [4.78, 5) is 38.9. The molecule has 5 rings (SSSR count). The monoisotopic (exact) mass is 500 g/mol. The molecule has 0 aliphatic carbocycles. The lowest BCUT2D eigenvalue weighted by atomic mass is 9.99. The molecule has 0 N–H and O–H groups in total. The largest absolute Gasteiger partial charge is 0.497 e. The van der Waals surface area contributed by atoms with E-state index in [1.165, 1.54) is 7.11 Å². The van der Waals surface area contributed by atoms with Crippen LogP contribution in [0, 0.1) is 0 Å². The number of fused-ring (bicyclic) bond motifs is 3. The van der Waals surface area contributed by atoms with Crippen LogP contribution in [0.25, 0.3) is 22.2 Å². The third kappa shape index (κ3) is 4.08. The number of carbonyl (C=O) groups excluding carboxylic acids is 2. The van der Waals surface area contributed by atoms with Crippen LogP contribution in [0.4, 0.5) is 0 Å². The van der Waals surface area contributed by atoms with Crippen LogP contribution in [-0.2, 0) is 24.1 Å². The van der Waals surface area contributed by atoms with E-state index >= 15 is 0 Å². The van der Waals surface area contributed by atoms with Gasteiger partial charge in [-0.3, -0.25) is 14.2 Å². The Morgan fingerprint density at radius 3 is 2.43 bits per heavy atom. The summed E-state index contributed by atoms with van der Waals surface area (Å²) in [6, 6.07) is 14.9. The Hall–Kier alpha value is -4.33. The third-order valence-corrected chi connectivity index (χ3v) is 6.98. The highest BCUT2D eigenvalue weighted by Crippen LogP contribution is 2.33. The van der Waals surface area contributed by atoms with Gasteiger partial charge < -0.3 is 18.8 Å². The molecule has 0 fully saturated rings. The normalized spacial score (nSPS) is 12.6. The Bertz CT molecular complexity index is 1610. The maximum Gasteiger partial charge on any atom is 0.343 e. The van der Waals surface area contributed by atoms with Crippen LogP contribution in [0.5, 0.6) is 11.5 Å². The molecule has 0 spiro atoms. The van der Waals surface area contributed by atoms with E-state index in [9.17, 15) is 14.4 Å². The zero-order valence-electron chi connectivity index (χ0n) is 21.3. The molecular weight excluding hydrogens is 472 g/mol. The van der Waals surface area contributed by atoms with E-state index in [-0.39, 0.29) is 18.0 Å². The first-order chi connectivity index (χ1) is 17.9. The van der Waals surface area contributed by atoms with Gasteiger partial charge in [0.15, 0.2) is 0 Å². The summed E-state index contributed by atoms with van der Waals surface area (Å²) in [6.45, 7) is 2.13. The molecule has 2 aromatic heterocycles. The fraction of sp³-hybridized carbons (Fsp3) is 0.276. The number of aryl methyl sites for hydroxylation is 2. The van der Waals surface area contributed by atoms with Crippen LogP contribution in [0.1, 0.15) is 45.3 Å². The summed E-state index contributed by atoms with van der Waals surface area (Å²) in [5.74, 6) is 0.568. The first kappa shape index (κ1) is 24.4. The minimum atomic E-state index is -0.688. The number of methoxy groups -OCH3 is 3. The number of aromatic nitrogens is 2. The molecule has 0 unspecified atom stereocenters. The Morgan fingerprint density at radius 1 is 0.919 bits per heavy atom. The highest BCUT2D eigenvalue weighted by molar-refractivity contribution is 5.98. The van der Waals surface area contributed by atoms with Gasteiger partial charge in [0.1, 0.15) is 17.1 Å². The van der Waals surface area contributed by atoms with Crippen molar-refractivity contribution in [1.82, 2.24) is 9.13 Å². The number of rotatable bonds is 7. The van der Waals surface area contributed by atoms with E-state index in [2.05, 4.69) is 0 Å². The fourth-order valence-corrected chi connectivity index (χ4v) is 5.13. The molecule has 0 saturated carbocycles. The minimum absolute atomic E-state index is 0.0320. The van der Waals surface area contributed by atoms with Crippen molar-refractivity contribution < 1.29 is 23.8 Å². The van der Waals surface area contributed by atoms with E-state index in [1.807, 2.05) is 37.3 Å². The van der Waals surface area contributed by atoms with E-state index in [0.29, 0.717) is 30.0 Å². The number of hydrogen-bond donors (Lipinski definition) is 0. The van der Waals surface area contributed by atoms with Crippen molar-refractivity contribution in [3.05, 3.63) is 81.3 Å². The molecule has 2 aromatic carbocycles. The summed E-state index contributed by atoms with van der Waals surface area (Å²) < 4.78 is 19.2. The summed E-state index contributed by atoms with van der Waals surface area (Å²) >= 11 is 0. The Kier molecular flexibility index (Phi) is 6.33. The highest BCUT2D eigenvalue weighted by Gasteiger charge is 2.25. The molecule has 37 heavy (non-hydrogen) atoms. The molecule has 0 saturated heterocycles. The van der Waals surface area contributed by atoms with Crippen LogP contribution in [-0.4, -0.2) is 42.3 Å². The molecule has 1 aliphatic rings. The van der Waals surface area contributed by atoms with Crippen LogP contribution >= 0.6 is 0 Å². The lowest BCUT2D eigenvalue weighted by molar-refractivity contribution is 0.0597. The molecule has 0 amide bonds. The zero-order chi connectivity index (χ0) is 26.3. The number of ether oxygens (including phenoxy) is 3. The maximum absolute atomic E-state index is 13.7. The minimum Gasteiger partial charge on any atom is -0.497 e. The van der Waals surface area contributed by atoms with Gasteiger partial charge in [-0.25, -0.2) is 4.79 Å². The molecule has 0 bridgehead atoms. The summed E-state index contributed by atoms with van der Waals surface area (Å²) in [6.07, 6.45) is 1.78. The molecular formula is C29H28N2O6. The highest BCUT2D eigenvalue weighted by atomic mass is 16.5. The van der Waals surface area contributed by atoms with E-state index < -0.39 is 11.5 Å². The lowest BCUT2D eigenvalue weighted by Crippen LogP contribution is -2.30. The van der Waals surface area contributed by atoms with Crippen molar-refractivity contribution in [2.45, 2.75) is 32.7 Å². The van der Waals surface area contributed by atoms with E-state index in [0.717, 1.165) is 39.7 Å². The van der Waals surface area contributed by atoms with E-state index in [4.69, 9.17) is 14.2 Å².